The van der Waals surface area contributed by atoms with Crippen LogP contribution < -0.4 is 5.32 Å². The van der Waals surface area contributed by atoms with Crippen LogP contribution in [0.3, 0.4) is 0 Å². The largest absolute Gasteiger partial charge is 0.349 e. The van der Waals surface area contributed by atoms with E-state index in [0.717, 1.165) is 36.0 Å². The maximum atomic E-state index is 11.8. The molecule has 1 unspecified atom stereocenters. The third-order valence-corrected chi connectivity index (χ3v) is 4.37. The molecule has 0 radical (unpaired) electrons. The van der Waals surface area contributed by atoms with E-state index in [1.54, 1.807) is 0 Å². The number of carbonyl (C=O) groups excluding carboxylic acids is 1. The summed E-state index contributed by atoms with van der Waals surface area (Å²) < 4.78 is 0. The lowest BCUT2D eigenvalue weighted by atomic mass is 9.84. The fourth-order valence-electron chi connectivity index (χ4n) is 3.14. The van der Waals surface area contributed by atoms with Crippen molar-refractivity contribution in [1.82, 2.24) is 10.3 Å². The Kier molecular flexibility index (Phi) is 4.38. The lowest BCUT2D eigenvalue weighted by molar-refractivity contribution is -0.121. The molecule has 1 aromatic carbocycles. The molecule has 1 amide bonds. The molecule has 23 heavy (non-hydrogen) atoms. The van der Waals surface area contributed by atoms with E-state index < -0.39 is 0 Å². The van der Waals surface area contributed by atoms with Gasteiger partial charge in [0.1, 0.15) is 0 Å². The number of nitrogens with one attached hydrogen (secondary N) is 1. The van der Waals surface area contributed by atoms with Gasteiger partial charge < -0.3 is 5.32 Å². The van der Waals surface area contributed by atoms with E-state index in [2.05, 4.69) is 16.4 Å². The van der Waals surface area contributed by atoms with Crippen molar-refractivity contribution in [3.8, 4) is 17.2 Å². The highest BCUT2D eigenvalue weighted by molar-refractivity contribution is 5.76. The first-order chi connectivity index (χ1) is 11.2. The van der Waals surface area contributed by atoms with Crippen molar-refractivity contribution in [2.45, 2.75) is 38.6 Å². The van der Waals surface area contributed by atoms with Gasteiger partial charge in [-0.25, -0.2) is 0 Å². The molecule has 0 aliphatic heterocycles. The summed E-state index contributed by atoms with van der Waals surface area (Å²) >= 11 is 0. The van der Waals surface area contributed by atoms with Gasteiger partial charge in [-0.15, -0.1) is 0 Å². The van der Waals surface area contributed by atoms with Crippen LogP contribution >= 0.6 is 0 Å². The number of fused-ring (bicyclic) bond motifs is 1. The number of aromatic nitrogens is 1. The van der Waals surface area contributed by atoms with Gasteiger partial charge >= 0.3 is 0 Å². The minimum atomic E-state index is 0.0528. The van der Waals surface area contributed by atoms with Gasteiger partial charge in [-0.1, -0.05) is 19.1 Å². The molecule has 1 heterocycles. The molecule has 1 N–H and O–H groups in total. The van der Waals surface area contributed by atoms with Gasteiger partial charge in [-0.05, 0) is 48.1 Å². The zero-order chi connectivity index (χ0) is 16.2. The van der Waals surface area contributed by atoms with Crippen LogP contribution in [-0.4, -0.2) is 10.9 Å². The topological polar surface area (TPSA) is 65.8 Å². The molecule has 1 aliphatic carbocycles. The highest BCUT2D eigenvalue weighted by Gasteiger charge is 2.24. The van der Waals surface area contributed by atoms with E-state index >= 15 is 0 Å². The molecule has 1 aromatic heterocycles. The zero-order valence-electron chi connectivity index (χ0n) is 13.2. The van der Waals surface area contributed by atoms with Gasteiger partial charge in [-0.2, -0.15) is 5.26 Å². The van der Waals surface area contributed by atoms with Crippen molar-refractivity contribution in [1.29, 1.82) is 5.26 Å². The normalized spacial score (nSPS) is 16.3. The van der Waals surface area contributed by atoms with Crippen molar-refractivity contribution in [2.75, 3.05) is 0 Å². The van der Waals surface area contributed by atoms with Gasteiger partial charge in [0.15, 0.2) is 0 Å². The Balaban J connectivity index is 1.99. The lowest BCUT2D eigenvalue weighted by Crippen LogP contribution is -2.30. The molecule has 0 fully saturated rings. The van der Waals surface area contributed by atoms with E-state index in [1.165, 1.54) is 5.56 Å². The third kappa shape index (κ3) is 3.09. The van der Waals surface area contributed by atoms with Crippen molar-refractivity contribution < 1.29 is 4.79 Å². The van der Waals surface area contributed by atoms with E-state index in [-0.39, 0.29) is 11.9 Å². The summed E-state index contributed by atoms with van der Waals surface area (Å²) in [5.41, 5.74) is 5.20. The molecule has 116 valence electrons. The molecule has 2 aromatic rings. The van der Waals surface area contributed by atoms with Gasteiger partial charge in [0, 0.05) is 24.4 Å². The van der Waals surface area contributed by atoms with Gasteiger partial charge in [-0.3, -0.25) is 9.78 Å². The predicted octanol–water partition coefficient (Wildman–Crippen LogP) is 3.52. The average Bonchev–Trinajstić information content (AvgIpc) is 2.61. The van der Waals surface area contributed by atoms with Crippen LogP contribution in [0.2, 0.25) is 0 Å². The fraction of sp³-hybridized carbons (Fsp3) is 0.316. The number of benzene rings is 1. The van der Waals surface area contributed by atoms with Gasteiger partial charge in [0.05, 0.1) is 17.7 Å². The molecule has 1 aliphatic rings. The van der Waals surface area contributed by atoms with Crippen LogP contribution in [0, 0.1) is 11.3 Å². The number of amides is 1. The summed E-state index contributed by atoms with van der Waals surface area (Å²) in [6.45, 7) is 1.87. The second kappa shape index (κ2) is 6.62. The highest BCUT2D eigenvalue weighted by Crippen LogP contribution is 2.35. The summed E-state index contributed by atoms with van der Waals surface area (Å²) in [5.74, 6) is 0.0756. The number of pyridine rings is 1. The van der Waals surface area contributed by atoms with Crippen LogP contribution in [0.25, 0.3) is 11.1 Å². The molecule has 4 nitrogen and oxygen atoms in total. The monoisotopic (exact) mass is 305 g/mol. The Morgan fingerprint density at radius 1 is 1.35 bits per heavy atom. The van der Waals surface area contributed by atoms with Crippen molar-refractivity contribution in [3.05, 3.63) is 53.3 Å². The second-order valence-electron chi connectivity index (χ2n) is 5.81. The molecule has 0 saturated carbocycles. The predicted molar refractivity (Wildman–Crippen MR) is 88.5 cm³/mol. The Labute approximate surface area is 136 Å². The van der Waals surface area contributed by atoms with Crippen LogP contribution in [0.1, 0.15) is 48.9 Å². The molecule has 3 rings (SSSR count). The number of carbonyl (C=O) groups is 1. The van der Waals surface area contributed by atoms with Crippen molar-refractivity contribution >= 4 is 5.91 Å². The molecular formula is C19H19N3O. The minimum Gasteiger partial charge on any atom is -0.349 e. The number of hydrogen-bond donors (Lipinski definition) is 1. The lowest BCUT2D eigenvalue weighted by Gasteiger charge is -2.27. The Morgan fingerprint density at radius 2 is 2.13 bits per heavy atom. The quantitative estimate of drug-likeness (QED) is 0.943. The molecule has 4 heteroatoms. The van der Waals surface area contributed by atoms with Gasteiger partial charge in [0.25, 0.3) is 0 Å². The Hall–Kier alpha value is -2.67. The Bertz CT molecular complexity index is 759. The zero-order valence-corrected chi connectivity index (χ0v) is 13.2. The maximum Gasteiger partial charge on any atom is 0.220 e. The standard InChI is InChI=1S/C19H19N3O/c1-2-19(23)22-18-5-3-4-15-16(11-21-12-17(15)18)14-8-6-13(10-20)7-9-14/h6-9,11-12,18H,2-5H2,1H3,(H,22,23). The number of hydrogen-bond acceptors (Lipinski definition) is 3. The number of nitriles is 1. The molecule has 0 spiro atoms. The summed E-state index contributed by atoms with van der Waals surface area (Å²) in [7, 11) is 0. The van der Waals surface area contributed by atoms with Crippen LogP contribution in [0.5, 0.6) is 0 Å². The van der Waals surface area contributed by atoms with E-state index in [9.17, 15) is 4.79 Å². The summed E-state index contributed by atoms with van der Waals surface area (Å²) in [6.07, 6.45) is 7.25. The number of nitrogens with zero attached hydrogens (tertiary/aromatic N) is 2. The first-order valence-corrected chi connectivity index (χ1v) is 7.99. The van der Waals surface area contributed by atoms with Crippen LogP contribution in [0.4, 0.5) is 0 Å². The first kappa shape index (κ1) is 15.2. The van der Waals surface area contributed by atoms with E-state index in [4.69, 9.17) is 5.26 Å². The molecule has 1 atom stereocenters. The summed E-state index contributed by atoms with van der Waals surface area (Å²) in [6, 6.07) is 9.77. The molecule has 0 saturated heterocycles. The molecular weight excluding hydrogens is 286 g/mol. The van der Waals surface area contributed by atoms with Gasteiger partial charge in [0.2, 0.25) is 5.91 Å². The molecule has 0 bridgehead atoms. The third-order valence-electron chi connectivity index (χ3n) is 4.37. The smallest absolute Gasteiger partial charge is 0.220 e. The van der Waals surface area contributed by atoms with Crippen LogP contribution in [-0.2, 0) is 11.2 Å². The fourth-order valence-corrected chi connectivity index (χ4v) is 3.14. The van der Waals surface area contributed by atoms with Crippen molar-refractivity contribution in [2.24, 2.45) is 0 Å². The Morgan fingerprint density at radius 3 is 2.83 bits per heavy atom. The highest BCUT2D eigenvalue weighted by atomic mass is 16.1. The SMILES string of the molecule is CCC(=O)NC1CCCc2c(-c3ccc(C#N)cc3)cncc21. The van der Waals surface area contributed by atoms with E-state index in [1.807, 2.05) is 43.6 Å². The first-order valence-electron chi connectivity index (χ1n) is 7.99. The second-order valence-corrected chi connectivity index (χ2v) is 5.81. The maximum absolute atomic E-state index is 11.8. The summed E-state index contributed by atoms with van der Waals surface area (Å²) in [5, 5.41) is 12.0. The van der Waals surface area contributed by atoms with Crippen LogP contribution in [0.15, 0.2) is 36.7 Å². The minimum absolute atomic E-state index is 0.0528. The van der Waals surface area contributed by atoms with Crippen molar-refractivity contribution in [3.63, 3.8) is 0 Å². The summed E-state index contributed by atoms with van der Waals surface area (Å²) in [4.78, 5) is 16.1. The van der Waals surface area contributed by atoms with E-state index in [0.29, 0.717) is 12.0 Å². The average molecular weight is 305 g/mol. The number of rotatable bonds is 3.